The molecule has 1 saturated heterocycles. The van der Waals surface area contributed by atoms with Crippen LogP contribution in [0.15, 0.2) is 6.20 Å². The van der Waals surface area contributed by atoms with E-state index in [-0.39, 0.29) is 19.0 Å². The molecule has 15 heavy (non-hydrogen) atoms. The Balaban J connectivity index is 0.000000531. The lowest BCUT2D eigenvalue weighted by molar-refractivity contribution is 0.0208. The minimum absolute atomic E-state index is 0.167. The molecule has 0 bridgehead atoms. The van der Waals surface area contributed by atoms with Gasteiger partial charge in [0.2, 0.25) is 0 Å². The number of H-pyrrole nitrogens is 1. The number of alkyl halides is 2. The topological polar surface area (TPSA) is 40.7 Å². The van der Waals surface area contributed by atoms with Crippen LogP contribution in [0.4, 0.5) is 8.78 Å². The minimum Gasteiger partial charge on any atom is -0.345 e. The first kappa shape index (κ1) is 12.1. The van der Waals surface area contributed by atoms with Crippen LogP contribution in [0.2, 0.25) is 0 Å². The van der Waals surface area contributed by atoms with Gasteiger partial charge in [0.25, 0.3) is 5.92 Å². The van der Waals surface area contributed by atoms with E-state index in [2.05, 4.69) is 15.3 Å². The van der Waals surface area contributed by atoms with Crippen LogP contribution in [-0.4, -0.2) is 22.4 Å². The molecule has 0 saturated carbocycles. The van der Waals surface area contributed by atoms with Gasteiger partial charge < -0.3 is 10.3 Å². The van der Waals surface area contributed by atoms with Crippen LogP contribution in [0.25, 0.3) is 0 Å². The van der Waals surface area contributed by atoms with Crippen molar-refractivity contribution in [1.82, 2.24) is 15.3 Å². The number of aromatic amines is 1. The van der Waals surface area contributed by atoms with Gasteiger partial charge >= 0.3 is 0 Å². The van der Waals surface area contributed by atoms with Crippen molar-refractivity contribution in [3.63, 3.8) is 0 Å². The smallest absolute Gasteiger partial charge is 0.262 e. The van der Waals surface area contributed by atoms with E-state index in [9.17, 15) is 8.78 Å². The van der Waals surface area contributed by atoms with Gasteiger partial charge in [0.05, 0.1) is 12.6 Å². The third-order valence-corrected chi connectivity index (χ3v) is 2.16. The molecule has 1 aromatic heterocycles. The van der Waals surface area contributed by atoms with E-state index in [1.54, 1.807) is 6.20 Å². The molecule has 1 aromatic rings. The van der Waals surface area contributed by atoms with E-state index in [0.717, 1.165) is 5.69 Å². The lowest BCUT2D eigenvalue weighted by Crippen LogP contribution is -2.19. The van der Waals surface area contributed by atoms with Crippen LogP contribution in [0, 0.1) is 6.92 Å². The molecule has 0 radical (unpaired) electrons. The molecule has 1 atom stereocenters. The molecule has 0 spiro atoms. The van der Waals surface area contributed by atoms with Crippen LogP contribution < -0.4 is 5.32 Å². The largest absolute Gasteiger partial charge is 0.345 e. The molecule has 2 heterocycles. The Bertz CT molecular complexity index is 309. The predicted octanol–water partition coefficient (Wildman–Crippen LogP) is 2.41. The van der Waals surface area contributed by atoms with E-state index >= 15 is 0 Å². The number of hydrogen-bond donors (Lipinski definition) is 2. The van der Waals surface area contributed by atoms with E-state index in [1.807, 2.05) is 20.8 Å². The van der Waals surface area contributed by atoms with Crippen LogP contribution in [0.1, 0.15) is 37.8 Å². The van der Waals surface area contributed by atoms with Gasteiger partial charge in [-0.3, -0.25) is 0 Å². The molecule has 3 nitrogen and oxygen atoms in total. The maximum atomic E-state index is 12.8. The second-order valence-corrected chi connectivity index (χ2v) is 3.45. The van der Waals surface area contributed by atoms with Gasteiger partial charge in [0, 0.05) is 18.3 Å². The summed E-state index contributed by atoms with van der Waals surface area (Å²) in [6.45, 7) is 5.60. The number of nitrogens with one attached hydrogen (secondary N) is 2. The first-order valence-electron chi connectivity index (χ1n) is 5.19. The summed E-state index contributed by atoms with van der Waals surface area (Å²) in [6, 6.07) is -0.330. The van der Waals surface area contributed by atoms with Crippen molar-refractivity contribution in [2.45, 2.75) is 39.2 Å². The van der Waals surface area contributed by atoms with Gasteiger partial charge in [0.15, 0.2) is 0 Å². The van der Waals surface area contributed by atoms with E-state index in [1.165, 1.54) is 0 Å². The number of nitrogens with zero attached hydrogens (tertiary/aromatic N) is 1. The molecule has 1 fully saturated rings. The summed E-state index contributed by atoms with van der Waals surface area (Å²) in [5.41, 5.74) is 0.895. The number of rotatable bonds is 1. The van der Waals surface area contributed by atoms with Gasteiger partial charge in [-0.1, -0.05) is 13.8 Å². The summed E-state index contributed by atoms with van der Waals surface area (Å²) >= 11 is 0. The lowest BCUT2D eigenvalue weighted by atomic mass is 10.2. The van der Waals surface area contributed by atoms with Gasteiger partial charge in [-0.25, -0.2) is 13.8 Å². The van der Waals surface area contributed by atoms with Crippen molar-refractivity contribution < 1.29 is 8.78 Å². The quantitative estimate of drug-likeness (QED) is 0.758. The molecule has 2 N–H and O–H groups in total. The molecular formula is C10H17F2N3. The Kier molecular flexibility index (Phi) is 3.79. The maximum absolute atomic E-state index is 12.8. The first-order valence-corrected chi connectivity index (χ1v) is 5.19. The molecule has 1 aliphatic rings. The van der Waals surface area contributed by atoms with Crippen molar-refractivity contribution in [3.8, 4) is 0 Å². The van der Waals surface area contributed by atoms with Gasteiger partial charge in [0.1, 0.15) is 5.82 Å². The highest BCUT2D eigenvalue weighted by Crippen LogP contribution is 2.32. The summed E-state index contributed by atoms with van der Waals surface area (Å²) in [4.78, 5) is 6.96. The first-order chi connectivity index (χ1) is 7.07. The molecule has 2 rings (SSSR count). The van der Waals surface area contributed by atoms with Crippen LogP contribution in [-0.2, 0) is 0 Å². The van der Waals surface area contributed by atoms with E-state index < -0.39 is 5.92 Å². The van der Waals surface area contributed by atoms with Crippen molar-refractivity contribution >= 4 is 0 Å². The average molecular weight is 217 g/mol. The van der Waals surface area contributed by atoms with Crippen LogP contribution in [0.5, 0.6) is 0 Å². The van der Waals surface area contributed by atoms with Crippen molar-refractivity contribution in [2.75, 3.05) is 6.54 Å². The zero-order chi connectivity index (χ0) is 11.5. The zero-order valence-corrected chi connectivity index (χ0v) is 9.27. The Labute approximate surface area is 88.3 Å². The fourth-order valence-corrected chi connectivity index (χ4v) is 1.52. The second-order valence-electron chi connectivity index (χ2n) is 3.45. The Hall–Kier alpha value is -0.970. The third-order valence-electron chi connectivity index (χ3n) is 2.16. The highest BCUT2D eigenvalue weighted by molar-refractivity contribution is 5.06. The summed E-state index contributed by atoms with van der Waals surface area (Å²) in [7, 11) is 0. The van der Waals surface area contributed by atoms with E-state index in [4.69, 9.17) is 0 Å². The summed E-state index contributed by atoms with van der Waals surface area (Å²) < 4.78 is 25.6. The summed E-state index contributed by atoms with van der Waals surface area (Å²) in [5, 5.41) is 2.73. The maximum Gasteiger partial charge on any atom is 0.262 e. The number of aromatic nitrogens is 2. The van der Waals surface area contributed by atoms with Crippen molar-refractivity contribution in [1.29, 1.82) is 0 Å². The standard InChI is InChI=1S/C8H11F2N3.C2H6/c1-5-3-11-7(13-5)6-2-8(9,10)4-12-6;1-2/h3,6,12H,2,4H2,1H3,(H,11,13);1-2H3/t6-;/m0./s1. The molecule has 86 valence electrons. The summed E-state index contributed by atoms with van der Waals surface area (Å²) in [6.07, 6.45) is 1.48. The van der Waals surface area contributed by atoms with Crippen molar-refractivity contribution in [2.24, 2.45) is 0 Å². The Morgan fingerprint density at radius 3 is 2.53 bits per heavy atom. The Morgan fingerprint density at radius 2 is 2.13 bits per heavy atom. The molecule has 5 heteroatoms. The zero-order valence-electron chi connectivity index (χ0n) is 9.27. The van der Waals surface area contributed by atoms with Gasteiger partial charge in [-0.05, 0) is 6.92 Å². The number of hydrogen-bond acceptors (Lipinski definition) is 2. The summed E-state index contributed by atoms with van der Waals surface area (Å²) in [5.74, 6) is -1.99. The van der Waals surface area contributed by atoms with Crippen LogP contribution >= 0.6 is 0 Å². The third kappa shape index (κ3) is 2.99. The SMILES string of the molecule is CC.Cc1cnc([C@@H]2CC(F)(F)CN2)[nH]1. The molecule has 0 aliphatic carbocycles. The number of aryl methyl sites for hydroxylation is 1. The fourth-order valence-electron chi connectivity index (χ4n) is 1.52. The fraction of sp³-hybridized carbons (Fsp3) is 0.700. The van der Waals surface area contributed by atoms with E-state index in [0.29, 0.717) is 5.82 Å². The van der Waals surface area contributed by atoms with Crippen molar-refractivity contribution in [3.05, 3.63) is 17.7 Å². The lowest BCUT2D eigenvalue weighted by Gasteiger charge is -2.06. The molecule has 0 amide bonds. The monoisotopic (exact) mass is 217 g/mol. The number of imidazole rings is 1. The van der Waals surface area contributed by atoms with Gasteiger partial charge in [-0.2, -0.15) is 0 Å². The Morgan fingerprint density at radius 1 is 1.47 bits per heavy atom. The minimum atomic E-state index is -2.59. The normalized spacial score (nSPS) is 23.4. The second kappa shape index (κ2) is 4.70. The molecule has 1 aliphatic heterocycles. The molecule has 0 aromatic carbocycles. The van der Waals surface area contributed by atoms with Crippen LogP contribution in [0.3, 0.4) is 0 Å². The van der Waals surface area contributed by atoms with Gasteiger partial charge in [-0.15, -0.1) is 0 Å². The average Bonchev–Trinajstić information content (AvgIpc) is 2.75. The number of halogens is 2. The predicted molar refractivity (Wildman–Crippen MR) is 55.0 cm³/mol. The molecule has 0 unspecified atom stereocenters. The molecular weight excluding hydrogens is 200 g/mol. The highest BCUT2D eigenvalue weighted by Gasteiger charge is 2.40. The highest BCUT2D eigenvalue weighted by atomic mass is 19.3.